The molecule has 106 valence electrons. The van der Waals surface area contributed by atoms with Crippen LogP contribution in [0, 0.1) is 17.6 Å². The van der Waals surface area contributed by atoms with E-state index in [2.05, 4.69) is 5.32 Å². The largest absolute Gasteiger partial charge is 0.503 e. The van der Waals surface area contributed by atoms with Gasteiger partial charge >= 0.3 is 0 Å². The summed E-state index contributed by atoms with van der Waals surface area (Å²) in [5, 5.41) is 21.6. The van der Waals surface area contributed by atoms with Crippen molar-refractivity contribution in [2.75, 3.05) is 6.61 Å². The second-order valence-electron chi connectivity index (χ2n) is 5.12. The Morgan fingerprint density at radius 2 is 1.79 bits per heavy atom. The van der Waals surface area contributed by atoms with E-state index in [1.54, 1.807) is 0 Å². The number of aliphatic hydroxyl groups is 1. The average molecular weight is 271 g/mol. The normalized spacial score (nSPS) is 23.5. The second kappa shape index (κ2) is 6.30. The number of aliphatic hydroxyl groups excluding tert-OH is 1. The van der Waals surface area contributed by atoms with E-state index in [9.17, 15) is 13.9 Å². The molecule has 0 radical (unpaired) electrons. The highest BCUT2D eigenvalue weighted by Gasteiger charge is 2.24. The molecule has 1 fully saturated rings. The highest BCUT2D eigenvalue weighted by molar-refractivity contribution is 5.30. The molecule has 2 unspecified atom stereocenters. The lowest BCUT2D eigenvalue weighted by atomic mass is 9.85. The number of aromatic hydroxyl groups is 1. The number of hydrogen-bond acceptors (Lipinski definition) is 3. The third-order valence-corrected chi connectivity index (χ3v) is 3.79. The van der Waals surface area contributed by atoms with Crippen molar-refractivity contribution in [1.82, 2.24) is 5.32 Å². The molecule has 0 amide bonds. The van der Waals surface area contributed by atoms with Gasteiger partial charge in [0, 0.05) is 19.2 Å². The minimum atomic E-state index is -0.945. The first kappa shape index (κ1) is 14.2. The van der Waals surface area contributed by atoms with Crippen LogP contribution in [0.2, 0.25) is 0 Å². The SMILES string of the molecule is OCC1CCCCC1NCc1cc(F)c(O)c(F)c1. The number of halogens is 2. The standard InChI is InChI=1S/C14H19F2NO2/c15-11-5-9(6-12(16)14(11)19)7-17-13-4-2-1-3-10(13)8-18/h5-6,10,13,17-19H,1-4,7-8H2. The van der Waals surface area contributed by atoms with Gasteiger partial charge in [-0.25, -0.2) is 8.78 Å². The molecule has 0 spiro atoms. The van der Waals surface area contributed by atoms with Crippen LogP contribution >= 0.6 is 0 Å². The quantitative estimate of drug-likeness (QED) is 0.787. The fourth-order valence-corrected chi connectivity index (χ4v) is 2.66. The lowest BCUT2D eigenvalue weighted by Gasteiger charge is -2.31. The summed E-state index contributed by atoms with van der Waals surface area (Å²) in [7, 11) is 0. The Labute approximate surface area is 111 Å². The van der Waals surface area contributed by atoms with Crippen LogP contribution in [-0.2, 0) is 6.54 Å². The molecule has 1 aliphatic carbocycles. The van der Waals surface area contributed by atoms with Gasteiger partial charge in [0.15, 0.2) is 17.4 Å². The van der Waals surface area contributed by atoms with E-state index in [-0.39, 0.29) is 18.6 Å². The zero-order chi connectivity index (χ0) is 13.8. The van der Waals surface area contributed by atoms with Crippen LogP contribution in [0.25, 0.3) is 0 Å². The second-order valence-corrected chi connectivity index (χ2v) is 5.12. The van der Waals surface area contributed by atoms with Gasteiger partial charge in [-0.3, -0.25) is 0 Å². The maximum Gasteiger partial charge on any atom is 0.187 e. The van der Waals surface area contributed by atoms with Crippen LogP contribution in [0.15, 0.2) is 12.1 Å². The monoisotopic (exact) mass is 271 g/mol. The number of phenols is 1. The number of rotatable bonds is 4. The van der Waals surface area contributed by atoms with E-state index in [1.807, 2.05) is 0 Å². The summed E-state index contributed by atoms with van der Waals surface area (Å²) < 4.78 is 26.4. The van der Waals surface area contributed by atoms with E-state index in [0.717, 1.165) is 37.8 Å². The van der Waals surface area contributed by atoms with Crippen LogP contribution in [-0.4, -0.2) is 22.9 Å². The third-order valence-electron chi connectivity index (χ3n) is 3.79. The van der Waals surface area contributed by atoms with Crippen LogP contribution in [0.4, 0.5) is 8.78 Å². The molecule has 1 aliphatic rings. The zero-order valence-corrected chi connectivity index (χ0v) is 10.7. The Kier molecular flexibility index (Phi) is 4.71. The molecular weight excluding hydrogens is 252 g/mol. The van der Waals surface area contributed by atoms with Gasteiger partial charge in [-0.2, -0.15) is 0 Å². The Morgan fingerprint density at radius 3 is 2.42 bits per heavy atom. The van der Waals surface area contributed by atoms with Crippen molar-refractivity contribution in [2.45, 2.75) is 38.3 Å². The number of nitrogens with one attached hydrogen (secondary N) is 1. The van der Waals surface area contributed by atoms with Crippen molar-refractivity contribution in [1.29, 1.82) is 0 Å². The predicted octanol–water partition coefficient (Wildman–Crippen LogP) is 2.31. The molecule has 0 saturated heterocycles. The Hall–Kier alpha value is -1.20. The van der Waals surface area contributed by atoms with Crippen LogP contribution in [0.3, 0.4) is 0 Å². The summed E-state index contributed by atoms with van der Waals surface area (Å²) in [6, 6.07) is 2.43. The first-order valence-corrected chi connectivity index (χ1v) is 6.63. The molecule has 0 aliphatic heterocycles. The Bertz CT molecular complexity index is 416. The summed E-state index contributed by atoms with van der Waals surface area (Å²) in [6.07, 6.45) is 4.17. The maximum absolute atomic E-state index is 13.2. The predicted molar refractivity (Wildman–Crippen MR) is 67.7 cm³/mol. The Balaban J connectivity index is 1.98. The molecular formula is C14H19F2NO2. The van der Waals surface area contributed by atoms with Crippen molar-refractivity contribution in [3.8, 4) is 5.75 Å². The molecule has 3 N–H and O–H groups in total. The topological polar surface area (TPSA) is 52.5 Å². The van der Waals surface area contributed by atoms with E-state index in [1.165, 1.54) is 0 Å². The molecule has 3 nitrogen and oxygen atoms in total. The van der Waals surface area contributed by atoms with E-state index < -0.39 is 17.4 Å². The van der Waals surface area contributed by atoms with E-state index >= 15 is 0 Å². The van der Waals surface area contributed by atoms with Crippen molar-refractivity contribution in [3.63, 3.8) is 0 Å². The molecule has 0 aromatic heterocycles. The zero-order valence-electron chi connectivity index (χ0n) is 10.7. The van der Waals surface area contributed by atoms with Gasteiger partial charge < -0.3 is 15.5 Å². The van der Waals surface area contributed by atoms with Gasteiger partial charge in [-0.1, -0.05) is 12.8 Å². The lowest BCUT2D eigenvalue weighted by molar-refractivity contribution is 0.152. The Morgan fingerprint density at radius 1 is 1.16 bits per heavy atom. The minimum Gasteiger partial charge on any atom is -0.503 e. The first-order valence-electron chi connectivity index (χ1n) is 6.63. The average Bonchev–Trinajstić information content (AvgIpc) is 2.42. The van der Waals surface area contributed by atoms with Gasteiger partial charge in [0.05, 0.1) is 0 Å². The fourth-order valence-electron chi connectivity index (χ4n) is 2.66. The lowest BCUT2D eigenvalue weighted by Crippen LogP contribution is -2.39. The molecule has 0 heterocycles. The molecule has 1 aromatic rings. The van der Waals surface area contributed by atoms with Crippen molar-refractivity contribution in [3.05, 3.63) is 29.3 Å². The smallest absolute Gasteiger partial charge is 0.187 e. The van der Waals surface area contributed by atoms with Crippen molar-refractivity contribution in [2.24, 2.45) is 5.92 Å². The number of benzene rings is 1. The van der Waals surface area contributed by atoms with Gasteiger partial charge in [-0.05, 0) is 36.5 Å². The summed E-state index contributed by atoms with van der Waals surface area (Å²) in [5.74, 6) is -2.62. The van der Waals surface area contributed by atoms with Gasteiger partial charge in [0.1, 0.15) is 0 Å². The van der Waals surface area contributed by atoms with Gasteiger partial charge in [-0.15, -0.1) is 0 Å². The van der Waals surface area contributed by atoms with Crippen molar-refractivity contribution >= 4 is 0 Å². The molecule has 5 heteroatoms. The van der Waals surface area contributed by atoms with Crippen molar-refractivity contribution < 1.29 is 19.0 Å². The highest BCUT2D eigenvalue weighted by atomic mass is 19.1. The summed E-state index contributed by atoms with van der Waals surface area (Å²) in [6.45, 7) is 0.464. The van der Waals surface area contributed by atoms with Gasteiger partial charge in [0.25, 0.3) is 0 Å². The molecule has 2 rings (SSSR count). The number of phenolic OH excluding ortho intramolecular Hbond substituents is 1. The van der Waals surface area contributed by atoms with Crippen LogP contribution in [0.5, 0.6) is 5.75 Å². The minimum absolute atomic E-state index is 0.135. The molecule has 1 aromatic carbocycles. The summed E-state index contributed by atoms with van der Waals surface area (Å²) >= 11 is 0. The molecule has 2 atom stereocenters. The van der Waals surface area contributed by atoms with Crippen LogP contribution < -0.4 is 5.32 Å². The fraction of sp³-hybridized carbons (Fsp3) is 0.571. The molecule has 0 bridgehead atoms. The van der Waals surface area contributed by atoms with Crippen LogP contribution in [0.1, 0.15) is 31.2 Å². The maximum atomic E-state index is 13.2. The van der Waals surface area contributed by atoms with E-state index in [4.69, 9.17) is 5.11 Å². The number of hydrogen-bond donors (Lipinski definition) is 3. The molecule has 19 heavy (non-hydrogen) atoms. The van der Waals surface area contributed by atoms with E-state index in [0.29, 0.717) is 12.1 Å². The summed E-state index contributed by atoms with van der Waals surface area (Å²) in [5.41, 5.74) is 0.454. The first-order chi connectivity index (χ1) is 9.11. The van der Waals surface area contributed by atoms with Gasteiger partial charge in [0.2, 0.25) is 0 Å². The summed E-state index contributed by atoms with van der Waals surface area (Å²) in [4.78, 5) is 0. The molecule has 1 saturated carbocycles. The third kappa shape index (κ3) is 3.42. The highest BCUT2D eigenvalue weighted by Crippen LogP contribution is 2.25.